The van der Waals surface area contributed by atoms with Gasteiger partial charge in [0.25, 0.3) is 0 Å². The Kier molecular flexibility index (Phi) is 6.09. The van der Waals surface area contributed by atoms with Crippen molar-refractivity contribution in [2.45, 2.75) is 84.2 Å². The molecule has 0 aliphatic carbocycles. The van der Waals surface area contributed by atoms with Crippen molar-refractivity contribution in [3.05, 3.63) is 81.4 Å². The summed E-state index contributed by atoms with van der Waals surface area (Å²) in [7, 11) is 0. The van der Waals surface area contributed by atoms with Gasteiger partial charge in [-0.1, -0.05) is 77.9 Å². The van der Waals surface area contributed by atoms with Crippen LogP contribution in [-0.4, -0.2) is 13.4 Å². The predicted molar refractivity (Wildman–Crippen MR) is 147 cm³/mol. The van der Waals surface area contributed by atoms with Crippen LogP contribution in [-0.2, 0) is 12.8 Å². The monoisotopic (exact) mass is 498 g/mol. The van der Waals surface area contributed by atoms with E-state index in [2.05, 4.69) is 84.0 Å². The molecule has 3 aliphatic heterocycles. The predicted octanol–water partition coefficient (Wildman–Crippen LogP) is 8.18. The van der Waals surface area contributed by atoms with Gasteiger partial charge < -0.3 is 18.9 Å². The minimum absolute atomic E-state index is 0.0291. The van der Waals surface area contributed by atoms with E-state index in [0.29, 0.717) is 31.2 Å². The van der Waals surface area contributed by atoms with Crippen LogP contribution in [0.4, 0.5) is 0 Å². The molecule has 3 aromatic carbocycles. The highest BCUT2D eigenvalue weighted by molar-refractivity contribution is 5.56. The molecule has 37 heavy (non-hydrogen) atoms. The highest BCUT2D eigenvalue weighted by atomic mass is 16.7. The van der Waals surface area contributed by atoms with Crippen molar-refractivity contribution >= 4 is 0 Å². The fraction of sp³-hybridized carbons (Fsp3) is 0.455. The lowest BCUT2D eigenvalue weighted by molar-refractivity contribution is 0.173. The lowest BCUT2D eigenvalue weighted by Crippen LogP contribution is -2.22. The SMILES string of the molecule is CC(C)c1cccc2c1OC(c1ccc3c(c1C(C)C)OCC(c1cc4c(c(C(C)C)c1)OCO4)C3)C2. The van der Waals surface area contributed by atoms with Gasteiger partial charge in [0.05, 0.1) is 6.61 Å². The molecule has 0 radical (unpaired) electrons. The van der Waals surface area contributed by atoms with E-state index < -0.39 is 0 Å². The molecule has 0 saturated carbocycles. The second kappa shape index (κ2) is 9.31. The van der Waals surface area contributed by atoms with Gasteiger partial charge in [-0.2, -0.15) is 0 Å². The molecule has 0 saturated heterocycles. The Morgan fingerprint density at radius 3 is 2.24 bits per heavy atom. The maximum atomic E-state index is 6.65. The van der Waals surface area contributed by atoms with E-state index in [4.69, 9.17) is 18.9 Å². The van der Waals surface area contributed by atoms with Crippen molar-refractivity contribution in [1.29, 1.82) is 0 Å². The molecular weight excluding hydrogens is 460 g/mol. The lowest BCUT2D eigenvalue weighted by Gasteiger charge is -2.31. The van der Waals surface area contributed by atoms with Crippen LogP contribution in [0.3, 0.4) is 0 Å². The molecule has 3 heterocycles. The number of para-hydroxylation sites is 1. The van der Waals surface area contributed by atoms with E-state index in [1.54, 1.807) is 0 Å². The number of hydrogen-bond acceptors (Lipinski definition) is 4. The summed E-state index contributed by atoms with van der Waals surface area (Å²) in [6.45, 7) is 14.4. The van der Waals surface area contributed by atoms with E-state index in [0.717, 1.165) is 35.8 Å². The standard InChI is InChI=1S/C33H38O4/c1-18(2)25-9-7-8-21-14-28(37-31(21)25)26-11-10-22-12-24(16-34-32(22)30(26)20(5)6)23-13-27(19(3)4)33-29(15-23)35-17-36-33/h7-11,13,15,18-20,24,28H,12,14,16-17H2,1-6H3. The van der Waals surface area contributed by atoms with Crippen molar-refractivity contribution in [3.63, 3.8) is 0 Å². The van der Waals surface area contributed by atoms with Crippen LogP contribution in [0.2, 0.25) is 0 Å². The Hall–Kier alpha value is -3.14. The molecule has 0 spiro atoms. The highest BCUT2D eigenvalue weighted by Crippen LogP contribution is 2.48. The molecular formula is C33H38O4. The zero-order chi connectivity index (χ0) is 25.8. The topological polar surface area (TPSA) is 36.9 Å². The maximum absolute atomic E-state index is 6.65. The second-order valence-corrected chi connectivity index (χ2v) is 11.7. The number of rotatable bonds is 5. The molecule has 194 valence electrons. The molecule has 6 rings (SSSR count). The lowest BCUT2D eigenvalue weighted by atomic mass is 9.83. The first-order valence-corrected chi connectivity index (χ1v) is 13.8. The van der Waals surface area contributed by atoms with E-state index >= 15 is 0 Å². The summed E-state index contributed by atoms with van der Waals surface area (Å²) in [5, 5.41) is 0. The third-order valence-electron chi connectivity index (χ3n) is 8.16. The molecule has 0 fully saturated rings. The molecule has 0 bridgehead atoms. The largest absolute Gasteiger partial charge is 0.492 e. The van der Waals surface area contributed by atoms with Gasteiger partial charge in [0.2, 0.25) is 6.79 Å². The third kappa shape index (κ3) is 4.15. The van der Waals surface area contributed by atoms with Gasteiger partial charge in [-0.25, -0.2) is 0 Å². The number of ether oxygens (including phenoxy) is 4. The van der Waals surface area contributed by atoms with E-state index in [1.165, 1.54) is 38.9 Å². The van der Waals surface area contributed by atoms with Gasteiger partial charge in [0, 0.05) is 23.5 Å². The van der Waals surface area contributed by atoms with Gasteiger partial charge in [-0.05, 0) is 58.1 Å². The summed E-state index contributed by atoms with van der Waals surface area (Å²) in [6.07, 6.45) is 1.89. The average molecular weight is 499 g/mol. The van der Waals surface area contributed by atoms with Crippen molar-refractivity contribution < 1.29 is 18.9 Å². The van der Waals surface area contributed by atoms with Crippen LogP contribution in [0.15, 0.2) is 42.5 Å². The summed E-state index contributed by atoms with van der Waals surface area (Å²) in [5.74, 6) is 5.35. The Morgan fingerprint density at radius 1 is 0.703 bits per heavy atom. The first-order chi connectivity index (χ1) is 17.8. The first kappa shape index (κ1) is 24.2. The molecule has 4 nitrogen and oxygen atoms in total. The van der Waals surface area contributed by atoms with E-state index in [9.17, 15) is 0 Å². The molecule has 3 aromatic rings. The van der Waals surface area contributed by atoms with Crippen molar-refractivity contribution in [1.82, 2.24) is 0 Å². The van der Waals surface area contributed by atoms with Crippen molar-refractivity contribution in [2.75, 3.05) is 13.4 Å². The summed E-state index contributed by atoms with van der Waals surface area (Å²) in [6, 6.07) is 15.6. The summed E-state index contributed by atoms with van der Waals surface area (Å²) in [4.78, 5) is 0. The Labute approximate surface area is 220 Å². The van der Waals surface area contributed by atoms with Crippen molar-refractivity contribution in [3.8, 4) is 23.0 Å². The molecule has 0 aromatic heterocycles. The average Bonchev–Trinajstić information content (AvgIpc) is 3.53. The van der Waals surface area contributed by atoms with Gasteiger partial charge >= 0.3 is 0 Å². The van der Waals surface area contributed by atoms with Crippen LogP contribution in [0, 0.1) is 0 Å². The van der Waals surface area contributed by atoms with Crippen LogP contribution in [0.5, 0.6) is 23.0 Å². The molecule has 0 amide bonds. The fourth-order valence-corrected chi connectivity index (χ4v) is 6.23. The fourth-order valence-electron chi connectivity index (χ4n) is 6.23. The Bertz CT molecular complexity index is 1340. The van der Waals surface area contributed by atoms with Crippen LogP contribution in [0.1, 0.15) is 110 Å². The summed E-state index contributed by atoms with van der Waals surface area (Å²) in [5.41, 5.74) is 8.95. The van der Waals surface area contributed by atoms with Crippen LogP contribution in [0.25, 0.3) is 0 Å². The third-order valence-corrected chi connectivity index (χ3v) is 8.16. The summed E-state index contributed by atoms with van der Waals surface area (Å²) < 4.78 is 24.8. The van der Waals surface area contributed by atoms with Gasteiger partial charge in [-0.3, -0.25) is 0 Å². The van der Waals surface area contributed by atoms with Crippen LogP contribution < -0.4 is 18.9 Å². The molecule has 0 N–H and O–H groups in total. The molecule has 2 atom stereocenters. The summed E-state index contributed by atoms with van der Waals surface area (Å²) >= 11 is 0. The van der Waals surface area contributed by atoms with Gasteiger partial charge in [0.15, 0.2) is 11.5 Å². The smallest absolute Gasteiger partial charge is 0.231 e. The Balaban J connectivity index is 1.32. The Morgan fingerprint density at radius 2 is 1.49 bits per heavy atom. The first-order valence-electron chi connectivity index (χ1n) is 13.8. The van der Waals surface area contributed by atoms with Gasteiger partial charge in [-0.15, -0.1) is 0 Å². The maximum Gasteiger partial charge on any atom is 0.231 e. The zero-order valence-electron chi connectivity index (χ0n) is 22.9. The van der Waals surface area contributed by atoms with Crippen LogP contribution >= 0.6 is 0 Å². The molecule has 2 unspecified atom stereocenters. The zero-order valence-corrected chi connectivity index (χ0v) is 22.9. The quantitative estimate of drug-likeness (QED) is 0.355. The van der Waals surface area contributed by atoms with Gasteiger partial charge in [0.1, 0.15) is 17.6 Å². The van der Waals surface area contributed by atoms with Crippen molar-refractivity contribution in [2.24, 2.45) is 0 Å². The van der Waals surface area contributed by atoms with E-state index in [1.807, 2.05) is 0 Å². The normalized spacial score (nSPS) is 19.7. The second-order valence-electron chi connectivity index (χ2n) is 11.7. The minimum atomic E-state index is 0.0291. The molecule has 3 aliphatic rings. The molecule has 4 heteroatoms. The number of benzene rings is 3. The minimum Gasteiger partial charge on any atom is -0.492 e. The highest BCUT2D eigenvalue weighted by Gasteiger charge is 2.34. The number of hydrogen-bond donors (Lipinski definition) is 0. The number of fused-ring (bicyclic) bond motifs is 3. The van der Waals surface area contributed by atoms with E-state index in [-0.39, 0.29) is 12.0 Å².